The summed E-state index contributed by atoms with van der Waals surface area (Å²) in [5, 5.41) is 2.79. The molecule has 2 aromatic rings. The minimum Gasteiger partial charge on any atom is -0.378 e. The molecule has 1 saturated heterocycles. The molecule has 0 spiro atoms. The Hall–Kier alpha value is -2.61. The van der Waals surface area contributed by atoms with Crippen LogP contribution in [0.25, 0.3) is 0 Å². The number of amides is 1. The number of morpholine rings is 1. The van der Waals surface area contributed by atoms with Crippen molar-refractivity contribution in [2.75, 3.05) is 36.5 Å². The second-order valence-corrected chi connectivity index (χ2v) is 6.78. The van der Waals surface area contributed by atoms with Crippen LogP contribution in [0.4, 0.5) is 24.7 Å². The van der Waals surface area contributed by atoms with Crippen LogP contribution in [0.3, 0.4) is 0 Å². The molecule has 1 aliphatic heterocycles. The van der Waals surface area contributed by atoms with Gasteiger partial charge < -0.3 is 15.0 Å². The highest BCUT2D eigenvalue weighted by atomic mass is 19.4. The van der Waals surface area contributed by atoms with Gasteiger partial charge in [0.15, 0.2) is 0 Å². The first-order chi connectivity index (χ1) is 13.2. The second-order valence-electron chi connectivity index (χ2n) is 6.78. The zero-order valence-electron chi connectivity index (χ0n) is 15.8. The Morgan fingerprint density at radius 2 is 1.93 bits per heavy atom. The van der Waals surface area contributed by atoms with Crippen molar-refractivity contribution in [2.45, 2.75) is 26.4 Å². The summed E-state index contributed by atoms with van der Waals surface area (Å²) in [6.07, 6.45) is -4.58. The van der Waals surface area contributed by atoms with E-state index in [0.29, 0.717) is 30.2 Å². The zero-order valence-corrected chi connectivity index (χ0v) is 15.8. The molecule has 0 unspecified atom stereocenters. The molecule has 0 aliphatic carbocycles. The smallest absolute Gasteiger partial charge is 0.378 e. The fraction of sp³-hybridized carbons (Fsp3) is 0.400. The zero-order chi connectivity index (χ0) is 20.3. The quantitative estimate of drug-likeness (QED) is 0.860. The van der Waals surface area contributed by atoms with Gasteiger partial charge in [0.2, 0.25) is 5.91 Å². The van der Waals surface area contributed by atoms with Crippen LogP contribution in [0.5, 0.6) is 0 Å². The molecule has 2 heterocycles. The van der Waals surface area contributed by atoms with Gasteiger partial charge in [-0.2, -0.15) is 13.2 Å². The number of benzene rings is 1. The number of anilines is 2. The highest BCUT2D eigenvalue weighted by Crippen LogP contribution is 2.30. The molecule has 1 N–H and O–H groups in total. The van der Waals surface area contributed by atoms with Crippen LogP contribution in [-0.2, 0) is 22.1 Å². The number of ether oxygens (including phenoxy) is 1. The average Bonchev–Trinajstić information content (AvgIpc) is 2.65. The van der Waals surface area contributed by atoms with Gasteiger partial charge in [-0.1, -0.05) is 18.2 Å². The van der Waals surface area contributed by atoms with Crippen molar-refractivity contribution in [3.8, 4) is 0 Å². The van der Waals surface area contributed by atoms with Crippen molar-refractivity contribution in [3.63, 3.8) is 0 Å². The fourth-order valence-corrected chi connectivity index (χ4v) is 3.18. The van der Waals surface area contributed by atoms with Crippen LogP contribution >= 0.6 is 0 Å². The molecule has 0 saturated carbocycles. The summed E-state index contributed by atoms with van der Waals surface area (Å²) in [6, 6.07) is 6.70. The van der Waals surface area contributed by atoms with Crippen LogP contribution in [-0.4, -0.2) is 37.2 Å². The van der Waals surface area contributed by atoms with Crippen LogP contribution in [0.15, 0.2) is 30.3 Å². The van der Waals surface area contributed by atoms with E-state index in [1.165, 1.54) is 12.1 Å². The molecule has 1 aromatic carbocycles. The predicted octanol–water partition coefficient (Wildman–Crippen LogP) is 3.74. The molecule has 8 heteroatoms. The summed E-state index contributed by atoms with van der Waals surface area (Å²) in [5.41, 5.74) is 1.65. The highest BCUT2D eigenvalue weighted by molar-refractivity contribution is 5.93. The molecular formula is C20H22F3N3O2. The Morgan fingerprint density at radius 1 is 1.21 bits per heavy atom. The summed E-state index contributed by atoms with van der Waals surface area (Å²) in [4.78, 5) is 19.1. The number of aryl methyl sites for hydroxylation is 2. The van der Waals surface area contributed by atoms with Crippen molar-refractivity contribution >= 4 is 17.4 Å². The third-order valence-corrected chi connectivity index (χ3v) is 4.60. The molecule has 28 heavy (non-hydrogen) atoms. The molecule has 5 nitrogen and oxygen atoms in total. The minimum atomic E-state index is -4.43. The molecule has 0 radical (unpaired) electrons. The molecular weight excluding hydrogens is 371 g/mol. The van der Waals surface area contributed by atoms with E-state index in [-0.39, 0.29) is 12.3 Å². The molecule has 1 fully saturated rings. The van der Waals surface area contributed by atoms with Crippen LogP contribution < -0.4 is 10.2 Å². The molecule has 0 bridgehead atoms. The Bertz CT molecular complexity index is 839. The van der Waals surface area contributed by atoms with E-state index in [1.807, 2.05) is 13.0 Å². The van der Waals surface area contributed by atoms with Gasteiger partial charge in [-0.3, -0.25) is 4.79 Å². The van der Waals surface area contributed by atoms with Crippen molar-refractivity contribution in [1.29, 1.82) is 0 Å². The number of pyridine rings is 1. The van der Waals surface area contributed by atoms with Gasteiger partial charge >= 0.3 is 6.18 Å². The summed E-state index contributed by atoms with van der Waals surface area (Å²) in [7, 11) is 0. The number of carbonyl (C=O) groups is 1. The van der Waals surface area contributed by atoms with E-state index in [9.17, 15) is 18.0 Å². The first kappa shape index (κ1) is 20.1. The Morgan fingerprint density at radius 3 is 2.57 bits per heavy atom. The number of aromatic nitrogens is 1. The van der Waals surface area contributed by atoms with Crippen molar-refractivity contribution in [2.24, 2.45) is 0 Å². The Labute approximate surface area is 161 Å². The van der Waals surface area contributed by atoms with Gasteiger partial charge in [-0.05, 0) is 37.1 Å². The van der Waals surface area contributed by atoms with E-state index < -0.39 is 11.7 Å². The lowest BCUT2D eigenvalue weighted by atomic mass is 10.1. The van der Waals surface area contributed by atoms with Crippen molar-refractivity contribution in [3.05, 3.63) is 52.7 Å². The number of hydrogen-bond acceptors (Lipinski definition) is 4. The fourth-order valence-electron chi connectivity index (χ4n) is 3.18. The minimum absolute atomic E-state index is 0.145. The van der Waals surface area contributed by atoms with Crippen molar-refractivity contribution < 1.29 is 22.7 Å². The Kier molecular flexibility index (Phi) is 5.88. The van der Waals surface area contributed by atoms with E-state index in [0.717, 1.165) is 36.6 Å². The summed E-state index contributed by atoms with van der Waals surface area (Å²) in [6.45, 7) is 6.49. The summed E-state index contributed by atoms with van der Waals surface area (Å²) >= 11 is 0. The topological polar surface area (TPSA) is 54.5 Å². The lowest BCUT2D eigenvalue weighted by Crippen LogP contribution is -2.37. The van der Waals surface area contributed by atoms with Gasteiger partial charge in [0.25, 0.3) is 0 Å². The molecule has 0 atom stereocenters. The maximum Gasteiger partial charge on any atom is 0.416 e. The maximum atomic E-state index is 12.8. The van der Waals surface area contributed by atoms with Crippen LogP contribution in [0, 0.1) is 13.8 Å². The molecule has 150 valence electrons. The normalized spacial score (nSPS) is 14.8. The highest BCUT2D eigenvalue weighted by Gasteiger charge is 2.30. The Balaban J connectivity index is 1.72. The number of hydrogen-bond donors (Lipinski definition) is 1. The number of nitrogens with one attached hydrogen (secondary N) is 1. The van der Waals surface area contributed by atoms with E-state index in [4.69, 9.17) is 4.74 Å². The molecule has 1 amide bonds. The van der Waals surface area contributed by atoms with Gasteiger partial charge in [0.05, 0.1) is 36.6 Å². The monoisotopic (exact) mass is 393 g/mol. The standard InChI is InChI=1S/C20H22F3N3O2/c1-13-10-17(26-6-8-28-9-7-26)24-14(2)19(13)25-18(27)12-15-4-3-5-16(11-15)20(21,22)23/h3-5,10-11H,6-9,12H2,1-2H3,(H,25,27). The number of nitrogens with zero attached hydrogens (tertiary/aromatic N) is 2. The number of rotatable bonds is 4. The number of halogens is 3. The molecule has 1 aromatic heterocycles. The van der Waals surface area contributed by atoms with E-state index >= 15 is 0 Å². The van der Waals surface area contributed by atoms with Crippen LogP contribution in [0.1, 0.15) is 22.4 Å². The lowest BCUT2D eigenvalue weighted by molar-refractivity contribution is -0.137. The van der Waals surface area contributed by atoms with Gasteiger partial charge in [0.1, 0.15) is 5.82 Å². The first-order valence-electron chi connectivity index (χ1n) is 9.01. The predicted molar refractivity (Wildman–Crippen MR) is 101 cm³/mol. The summed E-state index contributed by atoms with van der Waals surface area (Å²) < 4.78 is 43.8. The lowest BCUT2D eigenvalue weighted by Gasteiger charge is -2.28. The number of alkyl halides is 3. The average molecular weight is 393 g/mol. The van der Waals surface area contributed by atoms with Crippen LogP contribution in [0.2, 0.25) is 0 Å². The molecule has 3 rings (SSSR count). The van der Waals surface area contributed by atoms with E-state index in [1.54, 1.807) is 6.92 Å². The SMILES string of the molecule is Cc1cc(N2CCOCC2)nc(C)c1NC(=O)Cc1cccc(C(F)(F)F)c1. The molecule has 1 aliphatic rings. The maximum absolute atomic E-state index is 12.8. The summed E-state index contributed by atoms with van der Waals surface area (Å²) in [5.74, 6) is 0.445. The van der Waals surface area contributed by atoms with Crippen molar-refractivity contribution in [1.82, 2.24) is 4.98 Å². The van der Waals surface area contributed by atoms with Gasteiger partial charge in [-0.15, -0.1) is 0 Å². The van der Waals surface area contributed by atoms with Gasteiger partial charge in [-0.25, -0.2) is 4.98 Å². The number of carbonyl (C=O) groups excluding carboxylic acids is 1. The van der Waals surface area contributed by atoms with Gasteiger partial charge in [0, 0.05) is 13.1 Å². The van der Waals surface area contributed by atoms with E-state index in [2.05, 4.69) is 15.2 Å². The second kappa shape index (κ2) is 8.18. The first-order valence-corrected chi connectivity index (χ1v) is 9.01. The third-order valence-electron chi connectivity index (χ3n) is 4.60. The third kappa shape index (κ3) is 4.81. The largest absolute Gasteiger partial charge is 0.416 e.